The van der Waals surface area contributed by atoms with Crippen LogP contribution in [0.2, 0.25) is 0 Å². The summed E-state index contributed by atoms with van der Waals surface area (Å²) in [6.45, 7) is 4.87. The van der Waals surface area contributed by atoms with Gasteiger partial charge in [0, 0.05) is 51.2 Å². The molecule has 1 fully saturated rings. The van der Waals surface area contributed by atoms with Crippen LogP contribution < -0.4 is 10.2 Å². The number of nitrogens with one attached hydrogen (secondary N) is 1. The molecular weight excluding hydrogens is 412 g/mol. The fourth-order valence-corrected chi connectivity index (χ4v) is 4.27. The molecule has 0 unspecified atom stereocenters. The number of carbonyl (C=O) groups is 1. The van der Waals surface area contributed by atoms with Gasteiger partial charge in [-0.2, -0.15) is 0 Å². The Bertz CT molecular complexity index is 858. The minimum Gasteiger partial charge on any atom is -0.378 e. The van der Waals surface area contributed by atoms with Gasteiger partial charge in [0.25, 0.3) is 5.91 Å². The van der Waals surface area contributed by atoms with Crippen LogP contribution in [0.5, 0.6) is 0 Å². The summed E-state index contributed by atoms with van der Waals surface area (Å²) in [5.74, 6) is 1.51. The third-order valence-electron chi connectivity index (χ3n) is 5.06. The van der Waals surface area contributed by atoms with Gasteiger partial charge in [0.2, 0.25) is 0 Å². The van der Waals surface area contributed by atoms with E-state index in [1.165, 1.54) is 0 Å². The number of amides is 1. The Hall–Kier alpha value is -2.16. The van der Waals surface area contributed by atoms with E-state index in [0.29, 0.717) is 29.6 Å². The van der Waals surface area contributed by atoms with E-state index < -0.39 is 0 Å². The normalized spacial score (nSPS) is 15.8. The number of methoxy groups -OCH3 is 1. The van der Waals surface area contributed by atoms with E-state index in [9.17, 15) is 4.79 Å². The van der Waals surface area contributed by atoms with Gasteiger partial charge in [-0.25, -0.2) is 9.97 Å². The first-order chi connectivity index (χ1) is 15.1. The highest BCUT2D eigenvalue weighted by Crippen LogP contribution is 2.23. The van der Waals surface area contributed by atoms with E-state index in [-0.39, 0.29) is 12.0 Å². The molecule has 0 aliphatic carbocycles. The summed E-state index contributed by atoms with van der Waals surface area (Å²) in [6, 6.07) is 9.68. The molecule has 1 amide bonds. The van der Waals surface area contributed by atoms with Crippen molar-refractivity contribution >= 4 is 23.5 Å². The first-order valence-electron chi connectivity index (χ1n) is 10.8. The first kappa shape index (κ1) is 23.5. The molecule has 1 aromatic carbocycles. The molecule has 0 saturated carbocycles. The van der Waals surface area contributed by atoms with Crippen molar-refractivity contribution in [2.75, 3.05) is 38.8 Å². The molecule has 2 heterocycles. The Labute approximate surface area is 188 Å². The molecule has 8 heteroatoms. The second-order valence-corrected chi connectivity index (χ2v) is 8.63. The minimum atomic E-state index is -0.0656. The highest BCUT2D eigenvalue weighted by molar-refractivity contribution is 7.98. The Balaban J connectivity index is 1.63. The number of benzene rings is 1. The fraction of sp³-hybridized carbons (Fsp3) is 0.522. The lowest BCUT2D eigenvalue weighted by atomic mass is 10.1. The van der Waals surface area contributed by atoms with Crippen LogP contribution >= 0.6 is 11.8 Å². The zero-order chi connectivity index (χ0) is 22.1. The van der Waals surface area contributed by atoms with Gasteiger partial charge in [0.05, 0.1) is 18.4 Å². The molecule has 1 saturated heterocycles. The van der Waals surface area contributed by atoms with Gasteiger partial charge in [-0.15, -0.1) is 0 Å². The third-order valence-corrected chi connectivity index (χ3v) is 5.98. The lowest BCUT2D eigenvalue weighted by Crippen LogP contribution is -2.31. The van der Waals surface area contributed by atoms with Crippen molar-refractivity contribution < 1.29 is 14.3 Å². The van der Waals surface area contributed by atoms with Gasteiger partial charge in [-0.3, -0.25) is 4.79 Å². The van der Waals surface area contributed by atoms with Crippen LogP contribution in [0, 0.1) is 0 Å². The highest BCUT2D eigenvalue weighted by atomic mass is 32.2. The van der Waals surface area contributed by atoms with Crippen LogP contribution in [-0.2, 0) is 21.8 Å². The summed E-state index contributed by atoms with van der Waals surface area (Å²) in [5, 5.41) is 3.69. The average Bonchev–Trinajstić information content (AvgIpc) is 3.30. The predicted octanol–water partition coefficient (Wildman–Crippen LogP) is 3.67. The molecule has 1 aliphatic heterocycles. The lowest BCUT2D eigenvalue weighted by Gasteiger charge is -2.18. The van der Waals surface area contributed by atoms with E-state index in [4.69, 9.17) is 14.5 Å². The van der Waals surface area contributed by atoms with E-state index in [1.807, 2.05) is 37.4 Å². The van der Waals surface area contributed by atoms with E-state index in [1.54, 1.807) is 18.9 Å². The van der Waals surface area contributed by atoms with Crippen LogP contribution in [0.4, 0.5) is 5.82 Å². The quantitative estimate of drug-likeness (QED) is 0.419. The second-order valence-electron chi connectivity index (χ2n) is 7.69. The zero-order valence-electron chi connectivity index (χ0n) is 18.6. The maximum absolute atomic E-state index is 12.5. The Morgan fingerprint density at radius 2 is 2.23 bits per heavy atom. The molecule has 7 nitrogen and oxygen atoms in total. The lowest BCUT2D eigenvalue weighted by molar-refractivity contribution is 0.0857. The number of thioether (sulfide) groups is 1. The summed E-state index contributed by atoms with van der Waals surface area (Å²) < 4.78 is 10.8. The SMILES string of the molecule is CCCN(C)c1cc(COC)nc(SCc2cccc(C(=O)NC[C@@H]3CCCO3)c2)n1. The number of rotatable bonds is 11. The Morgan fingerprint density at radius 1 is 1.35 bits per heavy atom. The molecule has 0 spiro atoms. The van der Waals surface area contributed by atoms with Gasteiger partial charge in [-0.05, 0) is 37.0 Å². The number of nitrogens with zero attached hydrogens (tertiary/aromatic N) is 3. The van der Waals surface area contributed by atoms with Crippen LogP contribution in [0.1, 0.15) is 47.8 Å². The molecule has 1 aromatic heterocycles. The van der Waals surface area contributed by atoms with Crippen LogP contribution in [0.25, 0.3) is 0 Å². The summed E-state index contributed by atoms with van der Waals surface area (Å²) in [5.41, 5.74) is 2.58. The summed E-state index contributed by atoms with van der Waals surface area (Å²) in [7, 11) is 3.70. The van der Waals surface area contributed by atoms with E-state index in [0.717, 1.165) is 49.5 Å². The first-order valence-corrected chi connectivity index (χ1v) is 11.8. The van der Waals surface area contributed by atoms with Crippen molar-refractivity contribution in [1.29, 1.82) is 0 Å². The standard InChI is InChI=1S/C23H32N4O3S/c1-4-10-27(2)21-13-19(15-29-3)25-23(26-21)31-16-17-7-5-8-18(12-17)22(28)24-14-20-9-6-11-30-20/h5,7-8,12-13,20H,4,6,9-11,14-16H2,1-3H3,(H,24,28)/t20-/m0/s1. The highest BCUT2D eigenvalue weighted by Gasteiger charge is 2.17. The maximum atomic E-state index is 12.5. The molecule has 1 aliphatic rings. The van der Waals surface area contributed by atoms with Crippen molar-refractivity contribution in [1.82, 2.24) is 15.3 Å². The molecule has 0 radical (unpaired) electrons. The average molecular weight is 445 g/mol. The number of hydrogen-bond donors (Lipinski definition) is 1. The minimum absolute atomic E-state index is 0.0656. The second kappa shape index (κ2) is 12.0. The Morgan fingerprint density at radius 3 is 2.97 bits per heavy atom. The van der Waals surface area contributed by atoms with Gasteiger partial charge in [0.15, 0.2) is 5.16 Å². The van der Waals surface area contributed by atoms with Crippen molar-refractivity contribution in [2.24, 2.45) is 0 Å². The fourth-order valence-electron chi connectivity index (χ4n) is 3.46. The molecule has 3 rings (SSSR count). The number of hydrogen-bond acceptors (Lipinski definition) is 7. The summed E-state index contributed by atoms with van der Waals surface area (Å²) in [4.78, 5) is 24.0. The largest absolute Gasteiger partial charge is 0.378 e. The summed E-state index contributed by atoms with van der Waals surface area (Å²) >= 11 is 1.56. The number of carbonyl (C=O) groups excluding carboxylic acids is 1. The number of ether oxygens (including phenoxy) is 2. The predicted molar refractivity (Wildman–Crippen MR) is 124 cm³/mol. The van der Waals surface area contributed by atoms with Gasteiger partial charge < -0.3 is 19.7 Å². The summed E-state index contributed by atoms with van der Waals surface area (Å²) in [6.07, 6.45) is 3.26. The number of aromatic nitrogens is 2. The van der Waals surface area contributed by atoms with Gasteiger partial charge in [0.1, 0.15) is 5.82 Å². The molecule has 168 valence electrons. The van der Waals surface area contributed by atoms with E-state index >= 15 is 0 Å². The maximum Gasteiger partial charge on any atom is 0.251 e. The molecule has 31 heavy (non-hydrogen) atoms. The van der Waals surface area contributed by atoms with Gasteiger partial charge >= 0.3 is 0 Å². The van der Waals surface area contributed by atoms with Crippen molar-refractivity contribution in [3.05, 3.63) is 47.2 Å². The van der Waals surface area contributed by atoms with Crippen LogP contribution in [0.3, 0.4) is 0 Å². The van der Waals surface area contributed by atoms with Crippen molar-refractivity contribution in [3.8, 4) is 0 Å². The Kier molecular flexibility index (Phi) is 9.12. The third kappa shape index (κ3) is 7.19. The molecule has 1 atom stereocenters. The molecular formula is C23H32N4O3S. The molecule has 1 N–H and O–H groups in total. The van der Waals surface area contributed by atoms with Crippen LogP contribution in [-0.4, -0.2) is 55.8 Å². The monoisotopic (exact) mass is 444 g/mol. The van der Waals surface area contributed by atoms with Gasteiger partial charge in [-0.1, -0.05) is 30.8 Å². The van der Waals surface area contributed by atoms with Crippen molar-refractivity contribution in [2.45, 2.75) is 49.8 Å². The molecule has 0 bridgehead atoms. The van der Waals surface area contributed by atoms with Crippen molar-refractivity contribution in [3.63, 3.8) is 0 Å². The zero-order valence-corrected chi connectivity index (χ0v) is 19.4. The smallest absolute Gasteiger partial charge is 0.251 e. The molecule has 2 aromatic rings. The van der Waals surface area contributed by atoms with E-state index in [2.05, 4.69) is 22.1 Å². The van der Waals surface area contributed by atoms with Crippen LogP contribution in [0.15, 0.2) is 35.5 Å². The number of anilines is 1. The topological polar surface area (TPSA) is 76.6 Å².